The van der Waals surface area contributed by atoms with E-state index < -0.39 is 28.3 Å². The molecular weight excluding hydrogens is 438 g/mol. The fourth-order valence-corrected chi connectivity index (χ4v) is 5.09. The van der Waals surface area contributed by atoms with Crippen molar-refractivity contribution in [2.75, 3.05) is 31.6 Å². The van der Waals surface area contributed by atoms with Crippen LogP contribution in [0.4, 0.5) is 5.69 Å². The van der Waals surface area contributed by atoms with Gasteiger partial charge in [-0.1, -0.05) is 0 Å². The number of carbonyl (C=O) groups excluding carboxylic acids is 3. The van der Waals surface area contributed by atoms with Crippen LogP contribution in [0.2, 0.25) is 0 Å². The Kier molecular flexibility index (Phi) is 5.85. The summed E-state index contributed by atoms with van der Waals surface area (Å²) in [6.07, 6.45) is 1.56. The first-order chi connectivity index (χ1) is 15.3. The molecule has 2 aliphatic rings. The summed E-state index contributed by atoms with van der Waals surface area (Å²) >= 11 is 0. The molecule has 0 aromatic heterocycles. The molecule has 4 rings (SSSR count). The third kappa shape index (κ3) is 4.30. The summed E-state index contributed by atoms with van der Waals surface area (Å²) in [6, 6.07) is 8.38. The number of rotatable bonds is 7. The number of nitrogens with zero attached hydrogens (tertiary/aromatic N) is 1. The van der Waals surface area contributed by atoms with Crippen molar-refractivity contribution in [3.8, 4) is 11.5 Å². The van der Waals surface area contributed by atoms with Gasteiger partial charge in [0.1, 0.15) is 11.5 Å². The molecule has 2 aromatic rings. The first-order valence-corrected chi connectivity index (χ1v) is 11.4. The minimum absolute atomic E-state index is 0.000757. The predicted molar refractivity (Wildman–Crippen MR) is 113 cm³/mol. The maximum absolute atomic E-state index is 12.8. The van der Waals surface area contributed by atoms with Crippen molar-refractivity contribution in [3.63, 3.8) is 0 Å². The molecule has 0 spiro atoms. The Bertz CT molecular complexity index is 1200. The minimum atomic E-state index is -3.74. The largest absolute Gasteiger partial charge is 0.485 e. The highest BCUT2D eigenvalue weighted by atomic mass is 32.2. The van der Waals surface area contributed by atoms with Gasteiger partial charge in [0.15, 0.2) is 19.0 Å². The molecule has 0 atom stereocenters. The molecule has 0 bridgehead atoms. The van der Waals surface area contributed by atoms with E-state index in [1.54, 1.807) is 6.07 Å². The van der Waals surface area contributed by atoms with Gasteiger partial charge in [0.25, 0.3) is 11.8 Å². The van der Waals surface area contributed by atoms with Gasteiger partial charge in [0.05, 0.1) is 16.1 Å². The van der Waals surface area contributed by atoms with Gasteiger partial charge >= 0.3 is 0 Å². The molecular formula is C21H21N3O7S. The summed E-state index contributed by atoms with van der Waals surface area (Å²) in [5, 5.41) is 2.62. The second-order valence-corrected chi connectivity index (χ2v) is 9.33. The average molecular weight is 459 g/mol. The van der Waals surface area contributed by atoms with Crippen LogP contribution >= 0.6 is 0 Å². The molecule has 2 amide bonds. The van der Waals surface area contributed by atoms with E-state index in [1.165, 1.54) is 34.6 Å². The lowest BCUT2D eigenvalue weighted by Gasteiger charge is -2.18. The van der Waals surface area contributed by atoms with E-state index >= 15 is 0 Å². The quantitative estimate of drug-likeness (QED) is 0.591. The molecule has 10 nitrogen and oxygen atoms in total. The molecule has 2 aliphatic heterocycles. The number of hydrogen-bond donors (Lipinski definition) is 2. The topological polar surface area (TPSA) is 145 Å². The molecule has 168 valence electrons. The molecule has 32 heavy (non-hydrogen) atoms. The van der Waals surface area contributed by atoms with E-state index in [-0.39, 0.29) is 34.3 Å². The standard InChI is InChI=1S/C21H21N3O7S/c22-21(27)15-10-14(32(28,29)24-7-1-2-8-24)4-6-18(15)30-11-17(25)13-3-5-19-16(9-13)23-20(26)12-31-19/h3-6,9-10H,1-2,7-8,11-12H2,(H2,22,27)(H,23,26). The fraction of sp³-hybridized carbons (Fsp3) is 0.286. The molecule has 0 unspecified atom stereocenters. The zero-order valence-corrected chi connectivity index (χ0v) is 17.8. The van der Waals surface area contributed by atoms with Crippen LogP contribution in [-0.4, -0.2) is 56.6 Å². The van der Waals surface area contributed by atoms with Crippen molar-refractivity contribution in [1.82, 2.24) is 4.31 Å². The highest BCUT2D eigenvalue weighted by Gasteiger charge is 2.28. The predicted octanol–water partition coefficient (Wildman–Crippen LogP) is 1.16. The molecule has 11 heteroatoms. The maximum Gasteiger partial charge on any atom is 0.262 e. The Morgan fingerprint density at radius 3 is 2.59 bits per heavy atom. The number of sulfonamides is 1. The summed E-state index contributed by atoms with van der Waals surface area (Å²) in [7, 11) is -3.74. The monoisotopic (exact) mass is 459 g/mol. The van der Waals surface area contributed by atoms with Gasteiger partial charge in [-0.15, -0.1) is 0 Å². The Balaban J connectivity index is 1.52. The van der Waals surface area contributed by atoms with Crippen molar-refractivity contribution in [2.45, 2.75) is 17.7 Å². The van der Waals surface area contributed by atoms with E-state index in [9.17, 15) is 22.8 Å². The lowest BCUT2D eigenvalue weighted by atomic mass is 10.1. The van der Waals surface area contributed by atoms with Crippen molar-refractivity contribution in [2.24, 2.45) is 5.73 Å². The summed E-state index contributed by atoms with van der Waals surface area (Å²) in [5.74, 6) is -1.17. The number of nitrogens with one attached hydrogen (secondary N) is 1. The fourth-order valence-electron chi connectivity index (χ4n) is 3.55. The van der Waals surface area contributed by atoms with E-state index in [0.29, 0.717) is 24.5 Å². The normalized spacial score (nSPS) is 16.1. The van der Waals surface area contributed by atoms with Gasteiger partial charge in [-0.2, -0.15) is 4.31 Å². The number of Topliss-reactive ketones (excluding diaryl/α,β-unsaturated/α-hetero) is 1. The SMILES string of the molecule is NC(=O)c1cc(S(=O)(=O)N2CCCC2)ccc1OCC(=O)c1ccc2c(c1)NC(=O)CO2. The van der Waals surface area contributed by atoms with Crippen molar-refractivity contribution in [1.29, 1.82) is 0 Å². The highest BCUT2D eigenvalue weighted by Crippen LogP contribution is 2.29. The van der Waals surface area contributed by atoms with Gasteiger partial charge in [-0.3, -0.25) is 14.4 Å². The number of primary amides is 1. The van der Waals surface area contributed by atoms with Crippen LogP contribution in [0.1, 0.15) is 33.6 Å². The zero-order valence-electron chi connectivity index (χ0n) is 17.0. The Labute approximate surface area is 184 Å². The van der Waals surface area contributed by atoms with Crippen molar-refractivity contribution >= 4 is 33.3 Å². The van der Waals surface area contributed by atoms with E-state index in [0.717, 1.165) is 12.8 Å². The number of nitrogens with two attached hydrogens (primary N) is 1. The maximum atomic E-state index is 12.8. The third-order valence-corrected chi connectivity index (χ3v) is 7.11. The summed E-state index contributed by atoms with van der Waals surface area (Å²) < 4.78 is 37.6. The Hall–Kier alpha value is -3.44. The molecule has 3 N–H and O–H groups in total. The van der Waals surface area contributed by atoms with Crippen LogP contribution in [0, 0.1) is 0 Å². The van der Waals surface area contributed by atoms with Crippen LogP contribution in [0.25, 0.3) is 0 Å². The lowest BCUT2D eigenvalue weighted by Crippen LogP contribution is -2.28. The van der Waals surface area contributed by atoms with E-state index in [1.807, 2.05) is 0 Å². The first-order valence-electron chi connectivity index (χ1n) is 9.92. The average Bonchev–Trinajstić information content (AvgIpc) is 3.32. The number of ketones is 1. The van der Waals surface area contributed by atoms with Gasteiger partial charge in [-0.25, -0.2) is 8.42 Å². The number of benzene rings is 2. The molecule has 0 saturated carbocycles. The summed E-state index contributed by atoms with van der Waals surface area (Å²) in [4.78, 5) is 35.9. The molecule has 0 aliphatic carbocycles. The third-order valence-electron chi connectivity index (χ3n) is 5.21. The minimum Gasteiger partial charge on any atom is -0.485 e. The first kappa shape index (κ1) is 21.8. The number of amides is 2. The van der Waals surface area contributed by atoms with Crippen LogP contribution in [0.3, 0.4) is 0 Å². The van der Waals surface area contributed by atoms with E-state index in [2.05, 4.69) is 5.32 Å². The zero-order chi connectivity index (χ0) is 22.9. The summed E-state index contributed by atoms with van der Waals surface area (Å²) in [5.41, 5.74) is 5.93. The van der Waals surface area contributed by atoms with Gasteiger partial charge in [0, 0.05) is 18.7 Å². The number of hydrogen-bond acceptors (Lipinski definition) is 7. The number of anilines is 1. The van der Waals surface area contributed by atoms with E-state index in [4.69, 9.17) is 15.2 Å². The summed E-state index contributed by atoms with van der Waals surface area (Å²) in [6.45, 7) is 0.329. The van der Waals surface area contributed by atoms with Crippen LogP contribution in [-0.2, 0) is 14.8 Å². The second-order valence-electron chi connectivity index (χ2n) is 7.39. The number of carbonyl (C=O) groups is 3. The van der Waals surface area contributed by atoms with Gasteiger partial charge in [-0.05, 0) is 49.2 Å². The van der Waals surface area contributed by atoms with Gasteiger partial charge < -0.3 is 20.5 Å². The second kappa shape index (κ2) is 8.60. The lowest BCUT2D eigenvalue weighted by molar-refractivity contribution is -0.118. The van der Waals surface area contributed by atoms with Gasteiger partial charge in [0.2, 0.25) is 10.0 Å². The molecule has 1 saturated heterocycles. The highest BCUT2D eigenvalue weighted by molar-refractivity contribution is 7.89. The molecule has 1 fully saturated rings. The molecule has 0 radical (unpaired) electrons. The Morgan fingerprint density at radius 2 is 1.88 bits per heavy atom. The smallest absolute Gasteiger partial charge is 0.262 e. The number of fused-ring (bicyclic) bond motifs is 1. The van der Waals surface area contributed by atoms with Crippen molar-refractivity contribution < 1.29 is 32.3 Å². The van der Waals surface area contributed by atoms with Crippen LogP contribution in [0.15, 0.2) is 41.3 Å². The molecule has 2 heterocycles. The molecule has 2 aromatic carbocycles. The number of ether oxygens (including phenoxy) is 2. The van der Waals surface area contributed by atoms with Crippen molar-refractivity contribution in [3.05, 3.63) is 47.5 Å². The van der Waals surface area contributed by atoms with Crippen LogP contribution < -0.4 is 20.5 Å². The Morgan fingerprint density at radius 1 is 1.12 bits per heavy atom. The van der Waals surface area contributed by atoms with Crippen LogP contribution in [0.5, 0.6) is 11.5 Å².